The average Bonchev–Trinajstić information content (AvgIpc) is 2.83. The van der Waals surface area contributed by atoms with Gasteiger partial charge in [-0.15, -0.1) is 0 Å². The van der Waals surface area contributed by atoms with Crippen molar-refractivity contribution < 1.29 is 23.9 Å². The number of aromatic nitrogens is 2. The highest BCUT2D eigenvalue weighted by Crippen LogP contribution is 2.25. The second-order valence-corrected chi connectivity index (χ2v) is 7.89. The Morgan fingerprint density at radius 3 is 2.71 bits per heavy atom. The number of nitrogens with zero attached hydrogens (tertiary/aromatic N) is 4. The number of piperidine rings is 1. The van der Waals surface area contributed by atoms with Gasteiger partial charge < -0.3 is 25.3 Å². The molecule has 5 N–H and O–H groups in total. The van der Waals surface area contributed by atoms with Crippen molar-refractivity contribution >= 4 is 23.7 Å². The van der Waals surface area contributed by atoms with Gasteiger partial charge in [0.1, 0.15) is 19.0 Å². The van der Waals surface area contributed by atoms with Gasteiger partial charge in [-0.1, -0.05) is 30.3 Å². The van der Waals surface area contributed by atoms with Crippen LogP contribution in [0.5, 0.6) is 0 Å². The monoisotopic (exact) mass is 473 g/mol. The van der Waals surface area contributed by atoms with Gasteiger partial charge in [0.25, 0.3) is 0 Å². The van der Waals surface area contributed by atoms with Crippen molar-refractivity contribution in [1.82, 2.24) is 15.3 Å². The van der Waals surface area contributed by atoms with Crippen molar-refractivity contribution in [2.45, 2.75) is 26.4 Å². The molecule has 1 aliphatic heterocycles. The van der Waals surface area contributed by atoms with E-state index in [-0.39, 0.29) is 30.3 Å². The van der Waals surface area contributed by atoms with Crippen LogP contribution >= 0.6 is 0 Å². The number of carbonyl (C=O) groups excluding carboxylic acids is 1. The van der Waals surface area contributed by atoms with Crippen molar-refractivity contribution in [2.75, 3.05) is 31.2 Å². The van der Waals surface area contributed by atoms with Gasteiger partial charge in [-0.25, -0.2) is 19.2 Å². The van der Waals surface area contributed by atoms with Crippen LogP contribution in [0.4, 0.5) is 15.1 Å². The first-order chi connectivity index (χ1) is 16.4. The highest BCUT2D eigenvalue weighted by Gasteiger charge is 2.19. The van der Waals surface area contributed by atoms with Crippen LogP contribution in [0.25, 0.3) is 11.1 Å². The predicted molar refractivity (Wildman–Crippen MR) is 124 cm³/mol. The molecule has 12 heteroatoms. The van der Waals surface area contributed by atoms with Crippen LogP contribution < -0.4 is 16.0 Å². The minimum atomic E-state index is -0.939. The number of oxime groups is 1. The number of aliphatic hydroxyl groups is 1. The Labute approximate surface area is 196 Å². The molecule has 1 atom stereocenters. The summed E-state index contributed by atoms with van der Waals surface area (Å²) >= 11 is 0. The number of alkyl carbamates (subject to hydrolysis) is 1. The van der Waals surface area contributed by atoms with E-state index >= 15 is 0 Å². The lowest BCUT2D eigenvalue weighted by molar-refractivity contribution is 0.0845. The fraction of sp³-hybridized carbons (Fsp3) is 0.409. The molecule has 1 aliphatic rings. The van der Waals surface area contributed by atoms with Gasteiger partial charge >= 0.3 is 6.09 Å². The topological polar surface area (TPSA) is 159 Å². The number of nitrogens with one attached hydrogen (secondary N) is 2. The minimum absolute atomic E-state index is 0.0423. The van der Waals surface area contributed by atoms with E-state index < -0.39 is 17.9 Å². The molecule has 1 aromatic carbocycles. The van der Waals surface area contributed by atoms with E-state index in [0.717, 1.165) is 5.71 Å². The summed E-state index contributed by atoms with van der Waals surface area (Å²) in [5, 5.41) is 22.1. The maximum absolute atomic E-state index is 15.0. The highest BCUT2D eigenvalue weighted by atomic mass is 19.1. The Bertz CT molecular complexity index is 1020. The van der Waals surface area contributed by atoms with Crippen molar-refractivity contribution in [1.29, 1.82) is 5.41 Å². The molecule has 0 spiro atoms. The number of anilines is 1. The summed E-state index contributed by atoms with van der Waals surface area (Å²) in [6.45, 7) is 3.37. The lowest BCUT2D eigenvalue weighted by Crippen LogP contribution is -2.36. The Balaban J connectivity index is 1.59. The van der Waals surface area contributed by atoms with E-state index in [4.69, 9.17) is 25.8 Å². The number of guanidine groups is 1. The molecule has 1 aromatic heterocycles. The normalized spacial score (nSPS) is 14.3. The molecule has 182 valence electrons. The number of ether oxygens (including phenoxy) is 1. The molecule has 2 heterocycles. The summed E-state index contributed by atoms with van der Waals surface area (Å²) in [5.41, 5.74) is 6.95. The van der Waals surface area contributed by atoms with E-state index in [2.05, 4.69) is 15.1 Å². The Morgan fingerprint density at radius 2 is 2.06 bits per heavy atom. The quantitative estimate of drug-likeness (QED) is 0.257. The zero-order valence-corrected chi connectivity index (χ0v) is 18.8. The molecule has 0 radical (unpaired) electrons. The second-order valence-electron chi connectivity index (χ2n) is 7.89. The molecule has 3 rings (SSSR count). The molecule has 34 heavy (non-hydrogen) atoms. The maximum Gasteiger partial charge on any atom is 0.414 e. The van der Waals surface area contributed by atoms with Crippen molar-refractivity contribution in [3.63, 3.8) is 0 Å². The van der Waals surface area contributed by atoms with Crippen LogP contribution in [0.15, 0.2) is 35.7 Å². The summed E-state index contributed by atoms with van der Waals surface area (Å²) in [5.74, 6) is -0.530. The Morgan fingerprint density at radius 1 is 1.35 bits per heavy atom. The molecule has 2 aromatic rings. The average molecular weight is 474 g/mol. The number of aliphatic hydroxyl groups excluding tert-OH is 1. The van der Waals surface area contributed by atoms with Gasteiger partial charge in [0, 0.05) is 67.5 Å². The number of nitrogens with two attached hydrogens (primary N) is 1. The van der Waals surface area contributed by atoms with Crippen molar-refractivity contribution in [3.05, 3.63) is 42.0 Å². The zero-order chi connectivity index (χ0) is 24.5. The summed E-state index contributed by atoms with van der Waals surface area (Å²) in [6, 6.07) is 4.73. The van der Waals surface area contributed by atoms with Gasteiger partial charge in [-0.05, 0) is 0 Å². The molecule has 1 saturated heterocycles. The van der Waals surface area contributed by atoms with Gasteiger partial charge in [-0.3, -0.25) is 10.7 Å². The summed E-state index contributed by atoms with van der Waals surface area (Å²) in [4.78, 5) is 27.6. The smallest absolute Gasteiger partial charge is 0.414 e. The van der Waals surface area contributed by atoms with E-state index in [1.807, 2.05) is 17.1 Å². The van der Waals surface area contributed by atoms with E-state index in [9.17, 15) is 9.18 Å². The molecular formula is C22H28FN7O4. The van der Waals surface area contributed by atoms with Crippen molar-refractivity contribution in [3.8, 4) is 11.1 Å². The van der Waals surface area contributed by atoms with E-state index in [1.165, 1.54) is 6.07 Å². The first kappa shape index (κ1) is 24.8. The minimum Gasteiger partial charge on any atom is -0.444 e. The fourth-order valence-electron chi connectivity index (χ4n) is 3.19. The molecule has 0 bridgehead atoms. The maximum atomic E-state index is 15.0. The molecule has 1 amide bonds. The van der Waals surface area contributed by atoms with Crippen LogP contribution in [0, 0.1) is 17.1 Å². The van der Waals surface area contributed by atoms with E-state index in [0.29, 0.717) is 44.0 Å². The number of rotatable bonds is 8. The van der Waals surface area contributed by atoms with Gasteiger partial charge in [-0.2, -0.15) is 0 Å². The van der Waals surface area contributed by atoms with Crippen molar-refractivity contribution in [2.24, 2.45) is 16.8 Å². The summed E-state index contributed by atoms with van der Waals surface area (Å²) < 4.78 is 19.8. The van der Waals surface area contributed by atoms with Crippen LogP contribution in [0.1, 0.15) is 25.3 Å². The number of hydrogen-bond acceptors (Lipinski definition) is 9. The summed E-state index contributed by atoms with van der Waals surface area (Å²) in [6.07, 6.45) is 3.60. The number of halogens is 1. The third-order valence-electron chi connectivity index (χ3n) is 5.11. The number of hydrogen-bond donors (Lipinski definition) is 4. The molecular weight excluding hydrogens is 445 g/mol. The first-order valence-electron chi connectivity index (χ1n) is 10.8. The summed E-state index contributed by atoms with van der Waals surface area (Å²) in [7, 11) is 0. The van der Waals surface area contributed by atoms with Gasteiger partial charge in [0.2, 0.25) is 5.95 Å². The zero-order valence-electron chi connectivity index (χ0n) is 18.8. The highest BCUT2D eigenvalue weighted by molar-refractivity contribution is 5.90. The third kappa shape index (κ3) is 6.85. The molecule has 1 unspecified atom stereocenters. The predicted octanol–water partition coefficient (Wildman–Crippen LogP) is 2.00. The largest absolute Gasteiger partial charge is 0.444 e. The molecule has 0 aliphatic carbocycles. The lowest BCUT2D eigenvalue weighted by atomic mass is 10.1. The number of carbonyl (C=O) groups is 1. The lowest BCUT2D eigenvalue weighted by Gasteiger charge is -2.27. The Kier molecular flexibility index (Phi) is 8.68. The van der Waals surface area contributed by atoms with Crippen LogP contribution in [0.3, 0.4) is 0 Å². The first-order valence-corrected chi connectivity index (χ1v) is 10.8. The van der Waals surface area contributed by atoms with Crippen LogP contribution in [-0.2, 0) is 16.2 Å². The van der Waals surface area contributed by atoms with Crippen LogP contribution in [0.2, 0.25) is 0 Å². The van der Waals surface area contributed by atoms with Crippen LogP contribution in [-0.4, -0.2) is 59.1 Å². The van der Waals surface area contributed by atoms with E-state index in [1.54, 1.807) is 24.5 Å². The number of amides is 1. The molecule has 1 fully saturated rings. The molecule has 0 saturated carbocycles. The fourth-order valence-corrected chi connectivity index (χ4v) is 3.19. The van der Waals surface area contributed by atoms with Gasteiger partial charge in [0.15, 0.2) is 5.96 Å². The Hall–Kier alpha value is -3.80. The number of benzene rings is 1. The second kappa shape index (κ2) is 11.9. The van der Waals surface area contributed by atoms with Gasteiger partial charge in [0.05, 0.1) is 5.71 Å². The third-order valence-corrected chi connectivity index (χ3v) is 5.11. The standard InChI is InChI=1S/C22H28FN7O4/c1-14(11-31)12-34-29-17-5-7-30(8-6-17)21-26-9-16(10-27-21)18-4-2-3-15(19(18)23)13-33-22(32)28-20(24)25/h2-4,9-10,14,31H,5-8,11-13H2,1H3,(H4,24,25,28,32). The molecule has 11 nitrogen and oxygen atoms in total. The SMILES string of the molecule is CC(CO)CON=C1CCN(c2ncc(-c3cccc(COC(=O)NC(=N)N)c3F)cn2)CC1.